The van der Waals surface area contributed by atoms with Crippen molar-refractivity contribution in [2.45, 2.75) is 20.0 Å². The van der Waals surface area contributed by atoms with E-state index >= 15 is 0 Å². The maximum Gasteiger partial charge on any atom is 0.433 e. The number of ether oxygens (including phenoxy) is 1. The molecular formula is C17H13NO7. The van der Waals surface area contributed by atoms with Crippen LogP contribution in [0.25, 0.3) is 11.0 Å². The molecule has 3 aromatic rings. The summed E-state index contributed by atoms with van der Waals surface area (Å²) in [5, 5.41) is 11.2. The van der Waals surface area contributed by atoms with Gasteiger partial charge in [-0.3, -0.25) is 10.1 Å². The van der Waals surface area contributed by atoms with Gasteiger partial charge < -0.3 is 13.6 Å². The average Bonchev–Trinajstić information content (AvgIpc) is 3.09. The van der Waals surface area contributed by atoms with Gasteiger partial charge in [0.2, 0.25) is 5.76 Å². The second kappa shape index (κ2) is 6.60. The van der Waals surface area contributed by atoms with Gasteiger partial charge in [0.25, 0.3) is 0 Å². The number of hydrogen-bond donors (Lipinski definition) is 0. The third-order valence-electron chi connectivity index (χ3n) is 3.63. The molecule has 8 nitrogen and oxygen atoms in total. The Kier molecular flexibility index (Phi) is 4.34. The number of carbonyl (C=O) groups excluding carboxylic acids is 1. The van der Waals surface area contributed by atoms with E-state index in [-0.39, 0.29) is 12.4 Å². The Labute approximate surface area is 140 Å². The van der Waals surface area contributed by atoms with Gasteiger partial charge in [-0.15, -0.1) is 0 Å². The maximum absolute atomic E-state index is 11.9. The van der Waals surface area contributed by atoms with E-state index in [1.54, 1.807) is 12.1 Å². The summed E-state index contributed by atoms with van der Waals surface area (Å²) in [6.07, 6.45) is 0.788. The Morgan fingerprint density at radius 2 is 2.00 bits per heavy atom. The molecule has 0 aliphatic rings. The van der Waals surface area contributed by atoms with Crippen LogP contribution < -0.4 is 5.63 Å². The number of nitro groups is 1. The third kappa shape index (κ3) is 3.42. The quantitative estimate of drug-likeness (QED) is 0.302. The summed E-state index contributed by atoms with van der Waals surface area (Å²) in [7, 11) is 0. The fourth-order valence-electron chi connectivity index (χ4n) is 2.36. The fourth-order valence-corrected chi connectivity index (χ4v) is 2.36. The molecule has 0 N–H and O–H groups in total. The number of fused-ring (bicyclic) bond motifs is 1. The van der Waals surface area contributed by atoms with Crippen LogP contribution in [0.5, 0.6) is 0 Å². The van der Waals surface area contributed by atoms with Crippen LogP contribution in [-0.4, -0.2) is 10.9 Å². The van der Waals surface area contributed by atoms with Gasteiger partial charge in [-0.1, -0.05) is 19.1 Å². The van der Waals surface area contributed by atoms with Crippen LogP contribution in [0.15, 0.2) is 50.0 Å². The summed E-state index contributed by atoms with van der Waals surface area (Å²) in [6.45, 7) is 1.79. The molecule has 128 valence electrons. The van der Waals surface area contributed by atoms with E-state index in [0.717, 1.165) is 24.1 Å². The Morgan fingerprint density at radius 3 is 2.68 bits per heavy atom. The number of benzene rings is 1. The van der Waals surface area contributed by atoms with E-state index in [4.69, 9.17) is 13.6 Å². The Morgan fingerprint density at radius 1 is 1.20 bits per heavy atom. The molecular weight excluding hydrogens is 330 g/mol. The van der Waals surface area contributed by atoms with Gasteiger partial charge in [0.1, 0.15) is 17.1 Å². The lowest BCUT2D eigenvalue weighted by atomic mass is 10.1. The molecule has 0 spiro atoms. The van der Waals surface area contributed by atoms with E-state index in [1.807, 2.05) is 13.0 Å². The number of rotatable bonds is 5. The molecule has 2 heterocycles. The van der Waals surface area contributed by atoms with Crippen LogP contribution in [-0.2, 0) is 17.8 Å². The zero-order valence-corrected chi connectivity index (χ0v) is 13.2. The van der Waals surface area contributed by atoms with Crippen LogP contribution in [0.4, 0.5) is 5.88 Å². The largest absolute Gasteiger partial charge is 0.455 e. The fraction of sp³-hybridized carbons (Fsp3) is 0.176. The van der Waals surface area contributed by atoms with Crippen LogP contribution in [0.2, 0.25) is 0 Å². The van der Waals surface area contributed by atoms with Gasteiger partial charge in [-0.25, -0.2) is 9.59 Å². The lowest BCUT2D eigenvalue weighted by molar-refractivity contribution is -0.402. The highest BCUT2D eigenvalue weighted by Crippen LogP contribution is 2.21. The molecule has 2 aromatic heterocycles. The standard InChI is InChI=1S/C17H13NO7/c1-2-10-3-4-12-11(8-16(19)25-14(12)7-10)9-23-17(20)13-5-6-15(24-13)18(21)22/h3-8H,2,9H2,1H3. The Bertz CT molecular complexity index is 1020. The molecule has 0 radical (unpaired) electrons. The van der Waals surface area contributed by atoms with Crippen LogP contribution in [0.3, 0.4) is 0 Å². The second-order valence-corrected chi connectivity index (χ2v) is 5.25. The van der Waals surface area contributed by atoms with Gasteiger partial charge in [0.05, 0.1) is 6.07 Å². The van der Waals surface area contributed by atoms with E-state index in [9.17, 15) is 19.7 Å². The molecule has 0 unspecified atom stereocenters. The molecule has 0 aliphatic heterocycles. The van der Waals surface area contributed by atoms with Gasteiger partial charge in [0, 0.05) is 17.0 Å². The van der Waals surface area contributed by atoms with E-state index in [2.05, 4.69) is 0 Å². The number of hydrogen-bond acceptors (Lipinski definition) is 7. The topological polar surface area (TPSA) is 113 Å². The Balaban J connectivity index is 1.83. The molecule has 8 heteroatoms. The van der Waals surface area contributed by atoms with Crippen molar-refractivity contribution >= 4 is 22.8 Å². The lowest BCUT2D eigenvalue weighted by Gasteiger charge is -2.07. The Hall–Kier alpha value is -3.42. The number of nitrogens with zero attached hydrogens (tertiary/aromatic N) is 1. The minimum Gasteiger partial charge on any atom is -0.455 e. The van der Waals surface area contributed by atoms with Crippen molar-refractivity contribution in [1.29, 1.82) is 0 Å². The molecule has 3 rings (SSSR count). The molecule has 0 saturated heterocycles. The van der Waals surface area contributed by atoms with Crippen molar-refractivity contribution in [1.82, 2.24) is 0 Å². The number of aryl methyl sites for hydroxylation is 1. The van der Waals surface area contributed by atoms with Crippen LogP contribution in [0.1, 0.15) is 28.6 Å². The van der Waals surface area contributed by atoms with Crippen molar-refractivity contribution in [3.63, 3.8) is 0 Å². The van der Waals surface area contributed by atoms with E-state index in [0.29, 0.717) is 16.5 Å². The average molecular weight is 343 g/mol. The molecule has 0 aliphatic carbocycles. The molecule has 25 heavy (non-hydrogen) atoms. The van der Waals surface area contributed by atoms with Crippen molar-refractivity contribution < 1.29 is 23.3 Å². The molecule has 0 fully saturated rings. The van der Waals surface area contributed by atoms with E-state index in [1.165, 1.54) is 6.07 Å². The molecule has 0 amide bonds. The first kappa shape index (κ1) is 16.4. The SMILES string of the molecule is CCc1ccc2c(COC(=O)c3ccc([N+](=O)[O-])o3)cc(=O)oc2c1. The van der Waals surface area contributed by atoms with E-state index < -0.39 is 22.4 Å². The lowest BCUT2D eigenvalue weighted by Crippen LogP contribution is -2.07. The summed E-state index contributed by atoms with van der Waals surface area (Å²) in [4.78, 5) is 33.4. The molecule has 0 atom stereocenters. The molecule has 0 saturated carbocycles. The minimum absolute atomic E-state index is 0.194. The van der Waals surface area contributed by atoms with Gasteiger partial charge in [0.15, 0.2) is 0 Å². The highest BCUT2D eigenvalue weighted by Gasteiger charge is 2.19. The van der Waals surface area contributed by atoms with Crippen LogP contribution in [0, 0.1) is 10.1 Å². The molecule has 0 bridgehead atoms. The zero-order valence-electron chi connectivity index (χ0n) is 13.2. The normalized spacial score (nSPS) is 10.8. The van der Waals surface area contributed by atoms with Gasteiger partial charge >= 0.3 is 17.5 Å². The summed E-state index contributed by atoms with van der Waals surface area (Å²) < 4.78 is 15.1. The predicted molar refractivity (Wildman–Crippen MR) is 86.3 cm³/mol. The maximum atomic E-state index is 11.9. The highest BCUT2D eigenvalue weighted by molar-refractivity contribution is 5.87. The van der Waals surface area contributed by atoms with Crippen molar-refractivity contribution in [2.24, 2.45) is 0 Å². The summed E-state index contributed by atoms with van der Waals surface area (Å²) in [6, 6.07) is 8.91. The van der Waals surface area contributed by atoms with Crippen molar-refractivity contribution in [3.8, 4) is 0 Å². The second-order valence-electron chi connectivity index (χ2n) is 5.25. The zero-order chi connectivity index (χ0) is 18.0. The predicted octanol–water partition coefficient (Wildman–Crippen LogP) is 3.21. The first-order valence-corrected chi connectivity index (χ1v) is 7.45. The smallest absolute Gasteiger partial charge is 0.433 e. The van der Waals surface area contributed by atoms with Crippen molar-refractivity contribution in [2.75, 3.05) is 0 Å². The van der Waals surface area contributed by atoms with Gasteiger partial charge in [-0.2, -0.15) is 0 Å². The third-order valence-corrected chi connectivity index (χ3v) is 3.63. The first-order chi connectivity index (χ1) is 12.0. The molecule has 1 aromatic carbocycles. The van der Waals surface area contributed by atoms with Crippen LogP contribution >= 0.6 is 0 Å². The number of carbonyl (C=O) groups is 1. The van der Waals surface area contributed by atoms with Crippen molar-refractivity contribution in [3.05, 3.63) is 73.8 Å². The minimum atomic E-state index is -0.861. The summed E-state index contributed by atoms with van der Waals surface area (Å²) in [5.41, 5.74) is 1.34. The number of esters is 1. The monoisotopic (exact) mass is 343 g/mol. The highest BCUT2D eigenvalue weighted by atomic mass is 16.7. The number of furan rings is 1. The summed E-state index contributed by atoms with van der Waals surface area (Å²) >= 11 is 0. The summed E-state index contributed by atoms with van der Waals surface area (Å²) in [5.74, 6) is -1.70. The van der Waals surface area contributed by atoms with Gasteiger partial charge in [-0.05, 0) is 24.1 Å². The first-order valence-electron chi connectivity index (χ1n) is 7.45.